The summed E-state index contributed by atoms with van der Waals surface area (Å²) in [6.07, 6.45) is 0.465. The Bertz CT molecular complexity index is 614. The summed E-state index contributed by atoms with van der Waals surface area (Å²) >= 11 is 0. The molecule has 0 aliphatic rings. The molecule has 118 valence electrons. The fourth-order valence-electron chi connectivity index (χ4n) is 2.19. The number of rotatable bonds is 5. The minimum Gasteiger partial charge on any atom is -0.396 e. The van der Waals surface area contributed by atoms with Gasteiger partial charge in [-0.15, -0.1) is 0 Å². The van der Waals surface area contributed by atoms with Crippen molar-refractivity contribution in [3.8, 4) is 0 Å². The topological polar surface area (TPSA) is 78.0 Å². The summed E-state index contributed by atoms with van der Waals surface area (Å²) in [6, 6.07) is 11.2. The van der Waals surface area contributed by atoms with Crippen molar-refractivity contribution in [1.82, 2.24) is 15.5 Å². The van der Waals surface area contributed by atoms with E-state index in [1.807, 2.05) is 30.3 Å². The molecule has 0 bridgehead atoms. The van der Waals surface area contributed by atoms with Gasteiger partial charge in [0.25, 0.3) is 5.91 Å². The molecule has 1 amide bonds. The molecule has 0 spiro atoms. The molecule has 1 unspecified atom stereocenters. The zero-order valence-electron chi connectivity index (χ0n) is 13.3. The normalized spacial score (nSPS) is 12.9. The zero-order chi connectivity index (χ0) is 16.2. The van der Waals surface area contributed by atoms with Crippen molar-refractivity contribution in [3.63, 3.8) is 0 Å². The number of aliphatic hydroxyl groups is 1. The lowest BCUT2D eigenvalue weighted by molar-refractivity contribution is 0.0925. The minimum absolute atomic E-state index is 0.00759. The third kappa shape index (κ3) is 3.95. The van der Waals surface area contributed by atoms with Gasteiger partial charge in [0.05, 0.1) is 6.04 Å². The molecule has 0 fully saturated rings. The molecule has 2 aromatic rings. The van der Waals surface area contributed by atoms with Crippen molar-refractivity contribution in [2.45, 2.75) is 38.6 Å². The number of H-pyrrole nitrogens is 1. The molecule has 1 aromatic carbocycles. The van der Waals surface area contributed by atoms with Crippen LogP contribution in [0.15, 0.2) is 36.4 Å². The molecular weight excluding hydrogens is 278 g/mol. The second-order valence-corrected chi connectivity index (χ2v) is 6.37. The Hall–Kier alpha value is -2.14. The Balaban J connectivity index is 2.13. The number of nitrogens with zero attached hydrogens (tertiary/aromatic N) is 1. The number of carbonyl (C=O) groups excluding carboxylic acids is 1. The van der Waals surface area contributed by atoms with Gasteiger partial charge in [-0.1, -0.05) is 51.1 Å². The molecule has 5 nitrogen and oxygen atoms in total. The van der Waals surface area contributed by atoms with E-state index in [4.69, 9.17) is 0 Å². The number of aromatic nitrogens is 2. The van der Waals surface area contributed by atoms with Gasteiger partial charge in [-0.05, 0) is 18.1 Å². The first-order chi connectivity index (χ1) is 10.4. The largest absolute Gasteiger partial charge is 0.396 e. The van der Waals surface area contributed by atoms with Crippen molar-refractivity contribution in [3.05, 3.63) is 53.3 Å². The summed E-state index contributed by atoms with van der Waals surface area (Å²) in [5.74, 6) is -0.242. The Morgan fingerprint density at radius 3 is 2.55 bits per heavy atom. The van der Waals surface area contributed by atoms with E-state index in [2.05, 4.69) is 36.3 Å². The Morgan fingerprint density at radius 2 is 2.00 bits per heavy atom. The van der Waals surface area contributed by atoms with E-state index in [0.717, 1.165) is 11.3 Å². The standard InChI is InChI=1S/C17H23N3O2/c1-17(2,3)15-11-14(19-20-15)16(22)18-13(9-10-21)12-7-5-4-6-8-12/h4-8,11,13,21H,9-10H2,1-3H3,(H,18,22)(H,19,20). The van der Waals surface area contributed by atoms with Crippen molar-refractivity contribution in [2.75, 3.05) is 6.61 Å². The Kier molecular flexibility index (Phi) is 4.98. The van der Waals surface area contributed by atoms with Gasteiger partial charge in [0, 0.05) is 17.7 Å². The van der Waals surface area contributed by atoms with Crippen LogP contribution < -0.4 is 5.32 Å². The van der Waals surface area contributed by atoms with Crippen molar-refractivity contribution in [1.29, 1.82) is 0 Å². The average Bonchev–Trinajstić information content (AvgIpc) is 2.98. The van der Waals surface area contributed by atoms with Gasteiger partial charge >= 0.3 is 0 Å². The maximum Gasteiger partial charge on any atom is 0.272 e. The molecule has 5 heteroatoms. The predicted octanol–water partition coefficient (Wildman–Crippen LogP) is 2.56. The van der Waals surface area contributed by atoms with E-state index >= 15 is 0 Å². The monoisotopic (exact) mass is 301 g/mol. The molecule has 0 saturated heterocycles. The highest BCUT2D eigenvalue weighted by molar-refractivity contribution is 5.92. The number of aromatic amines is 1. The van der Waals surface area contributed by atoms with Crippen molar-refractivity contribution < 1.29 is 9.90 Å². The van der Waals surface area contributed by atoms with Crippen LogP contribution in [-0.2, 0) is 5.41 Å². The maximum absolute atomic E-state index is 12.4. The molecule has 0 saturated carbocycles. The third-order valence-corrected chi connectivity index (χ3v) is 3.54. The SMILES string of the molecule is CC(C)(C)c1cc(C(=O)NC(CCO)c2ccccc2)n[nH]1. The van der Waals surface area contributed by atoms with E-state index in [0.29, 0.717) is 12.1 Å². The lowest BCUT2D eigenvalue weighted by Gasteiger charge is -2.17. The molecular formula is C17H23N3O2. The smallest absolute Gasteiger partial charge is 0.272 e. The van der Waals surface area contributed by atoms with E-state index in [9.17, 15) is 9.90 Å². The highest BCUT2D eigenvalue weighted by Crippen LogP contribution is 2.21. The fraction of sp³-hybridized carbons (Fsp3) is 0.412. The number of amides is 1. The van der Waals surface area contributed by atoms with Crippen LogP contribution >= 0.6 is 0 Å². The molecule has 22 heavy (non-hydrogen) atoms. The second kappa shape index (κ2) is 6.75. The maximum atomic E-state index is 12.4. The molecule has 1 atom stereocenters. The number of aliphatic hydroxyl groups excluding tert-OH is 1. The lowest BCUT2D eigenvalue weighted by Crippen LogP contribution is -2.29. The molecule has 1 aromatic heterocycles. The first-order valence-electron chi connectivity index (χ1n) is 7.44. The van der Waals surface area contributed by atoms with E-state index in [-0.39, 0.29) is 24.0 Å². The molecule has 0 aliphatic heterocycles. The van der Waals surface area contributed by atoms with Gasteiger partial charge in [-0.3, -0.25) is 9.89 Å². The van der Waals surface area contributed by atoms with E-state index in [1.54, 1.807) is 6.07 Å². The van der Waals surface area contributed by atoms with Crippen molar-refractivity contribution >= 4 is 5.91 Å². The zero-order valence-corrected chi connectivity index (χ0v) is 13.3. The highest BCUT2D eigenvalue weighted by Gasteiger charge is 2.21. The molecule has 1 heterocycles. The number of hydrogen-bond donors (Lipinski definition) is 3. The van der Waals surface area contributed by atoms with Crippen LogP contribution in [-0.4, -0.2) is 27.8 Å². The number of hydrogen-bond acceptors (Lipinski definition) is 3. The highest BCUT2D eigenvalue weighted by atomic mass is 16.3. The summed E-state index contributed by atoms with van der Waals surface area (Å²) in [4.78, 5) is 12.4. The summed E-state index contributed by atoms with van der Waals surface area (Å²) in [5.41, 5.74) is 2.16. The van der Waals surface area contributed by atoms with Crippen LogP contribution in [0, 0.1) is 0 Å². The van der Waals surface area contributed by atoms with Gasteiger partial charge in [0.1, 0.15) is 5.69 Å². The summed E-state index contributed by atoms with van der Waals surface area (Å²) in [7, 11) is 0. The van der Waals surface area contributed by atoms with E-state index < -0.39 is 0 Å². The number of carbonyl (C=O) groups is 1. The summed E-state index contributed by atoms with van der Waals surface area (Å²) in [6.45, 7) is 6.18. The van der Waals surface area contributed by atoms with Gasteiger partial charge < -0.3 is 10.4 Å². The third-order valence-electron chi connectivity index (χ3n) is 3.54. The molecule has 2 rings (SSSR count). The van der Waals surface area contributed by atoms with Crippen LogP contribution in [0.2, 0.25) is 0 Å². The van der Waals surface area contributed by atoms with Crippen LogP contribution in [0.3, 0.4) is 0 Å². The van der Waals surface area contributed by atoms with Crippen LogP contribution in [0.4, 0.5) is 0 Å². The first-order valence-corrected chi connectivity index (χ1v) is 7.44. The predicted molar refractivity (Wildman–Crippen MR) is 85.6 cm³/mol. The van der Waals surface area contributed by atoms with E-state index in [1.165, 1.54) is 0 Å². The molecule has 0 radical (unpaired) electrons. The quantitative estimate of drug-likeness (QED) is 0.794. The first kappa shape index (κ1) is 16.2. The molecule has 3 N–H and O–H groups in total. The number of benzene rings is 1. The number of nitrogens with one attached hydrogen (secondary N) is 2. The van der Waals surface area contributed by atoms with Gasteiger partial charge in [0.15, 0.2) is 0 Å². The average molecular weight is 301 g/mol. The fourth-order valence-corrected chi connectivity index (χ4v) is 2.19. The lowest BCUT2D eigenvalue weighted by atomic mass is 9.92. The Morgan fingerprint density at radius 1 is 1.32 bits per heavy atom. The summed E-state index contributed by atoms with van der Waals surface area (Å²) in [5, 5.41) is 19.2. The van der Waals surface area contributed by atoms with Crippen LogP contribution in [0.5, 0.6) is 0 Å². The van der Waals surface area contributed by atoms with Gasteiger partial charge in [0.2, 0.25) is 0 Å². The summed E-state index contributed by atoms with van der Waals surface area (Å²) < 4.78 is 0. The van der Waals surface area contributed by atoms with Gasteiger partial charge in [-0.25, -0.2) is 0 Å². The Labute approximate surface area is 130 Å². The molecule has 0 aliphatic carbocycles. The minimum atomic E-state index is -0.242. The van der Waals surface area contributed by atoms with Crippen molar-refractivity contribution in [2.24, 2.45) is 0 Å². The van der Waals surface area contributed by atoms with Crippen LogP contribution in [0.25, 0.3) is 0 Å². The second-order valence-electron chi connectivity index (χ2n) is 6.37. The van der Waals surface area contributed by atoms with Crippen LogP contribution in [0.1, 0.15) is 55.0 Å². The van der Waals surface area contributed by atoms with Gasteiger partial charge in [-0.2, -0.15) is 5.10 Å².